The van der Waals surface area contributed by atoms with Gasteiger partial charge in [0.2, 0.25) is 11.8 Å². The molecule has 0 aromatic heterocycles. The van der Waals surface area contributed by atoms with Gasteiger partial charge in [-0.1, -0.05) is 27.7 Å². The Balaban J connectivity index is 1.89. The number of carboxylic acid groups (broad SMARTS) is 1. The zero-order chi connectivity index (χ0) is 15.9. The van der Waals surface area contributed by atoms with E-state index >= 15 is 0 Å². The van der Waals surface area contributed by atoms with Gasteiger partial charge in [0.15, 0.2) is 0 Å². The first-order valence-electron chi connectivity index (χ1n) is 7.75. The summed E-state index contributed by atoms with van der Waals surface area (Å²) in [5, 5.41) is 8.79. The Kier molecular flexibility index (Phi) is 4.13. The maximum absolute atomic E-state index is 12.2. The molecule has 0 aromatic carbocycles. The minimum Gasteiger partial charge on any atom is -0.481 e. The van der Waals surface area contributed by atoms with Gasteiger partial charge in [-0.3, -0.25) is 19.3 Å². The summed E-state index contributed by atoms with van der Waals surface area (Å²) in [4.78, 5) is 36.6. The number of carbonyl (C=O) groups is 3. The van der Waals surface area contributed by atoms with E-state index in [2.05, 4.69) is 13.8 Å². The first-order valence-corrected chi connectivity index (χ1v) is 7.75. The van der Waals surface area contributed by atoms with Gasteiger partial charge in [-0.2, -0.15) is 0 Å². The normalized spacial score (nSPS) is 28.0. The first-order chi connectivity index (χ1) is 9.67. The van der Waals surface area contributed by atoms with Gasteiger partial charge in [0.05, 0.1) is 11.8 Å². The molecule has 0 aromatic rings. The molecule has 1 aliphatic carbocycles. The van der Waals surface area contributed by atoms with Gasteiger partial charge in [-0.05, 0) is 30.1 Å². The molecule has 2 fully saturated rings. The first kappa shape index (κ1) is 16.0. The molecule has 2 rings (SSSR count). The second-order valence-corrected chi connectivity index (χ2v) is 7.33. The number of rotatable bonds is 7. The van der Waals surface area contributed by atoms with Crippen molar-refractivity contribution >= 4 is 17.8 Å². The number of imide groups is 1. The Bertz CT molecular complexity index is 445. The Morgan fingerprint density at radius 3 is 2.14 bits per heavy atom. The van der Waals surface area contributed by atoms with E-state index in [0.29, 0.717) is 25.3 Å². The molecule has 2 amide bonds. The summed E-state index contributed by atoms with van der Waals surface area (Å²) in [5.74, 6) is -0.527. The highest BCUT2D eigenvalue weighted by molar-refractivity contribution is 6.10. The lowest BCUT2D eigenvalue weighted by atomic mass is 9.88. The fourth-order valence-electron chi connectivity index (χ4n) is 3.64. The number of hydrogen-bond donors (Lipinski definition) is 1. The summed E-state index contributed by atoms with van der Waals surface area (Å²) in [7, 11) is 0. The Hall–Kier alpha value is -1.39. The molecule has 3 atom stereocenters. The monoisotopic (exact) mass is 295 g/mol. The van der Waals surface area contributed by atoms with Gasteiger partial charge in [-0.15, -0.1) is 0 Å². The second kappa shape index (κ2) is 5.43. The van der Waals surface area contributed by atoms with Gasteiger partial charge in [-0.25, -0.2) is 0 Å². The van der Waals surface area contributed by atoms with Crippen LogP contribution in [-0.2, 0) is 14.4 Å². The predicted octanol–water partition coefficient (Wildman–Crippen LogP) is 2.15. The molecule has 3 unspecified atom stereocenters. The zero-order valence-electron chi connectivity index (χ0n) is 13.3. The third kappa shape index (κ3) is 2.83. The Morgan fingerprint density at radius 1 is 1.19 bits per heavy atom. The molecule has 2 aliphatic rings. The number of piperidine rings is 1. The van der Waals surface area contributed by atoms with Crippen molar-refractivity contribution in [3.8, 4) is 0 Å². The molecule has 118 valence electrons. The Morgan fingerprint density at radius 2 is 1.71 bits per heavy atom. The van der Waals surface area contributed by atoms with Crippen LogP contribution in [0.25, 0.3) is 0 Å². The van der Waals surface area contributed by atoms with Crippen molar-refractivity contribution < 1.29 is 19.5 Å². The van der Waals surface area contributed by atoms with Crippen molar-refractivity contribution in [2.45, 2.75) is 47.0 Å². The largest absolute Gasteiger partial charge is 0.481 e. The fraction of sp³-hybridized carbons (Fsp3) is 0.812. The number of nitrogens with zero attached hydrogens (tertiary/aromatic N) is 1. The number of hydrogen-bond acceptors (Lipinski definition) is 3. The van der Waals surface area contributed by atoms with Crippen LogP contribution in [0.3, 0.4) is 0 Å². The van der Waals surface area contributed by atoms with Crippen LogP contribution in [0.4, 0.5) is 0 Å². The quantitative estimate of drug-likeness (QED) is 0.730. The van der Waals surface area contributed by atoms with E-state index in [9.17, 15) is 14.4 Å². The molecule has 1 saturated heterocycles. The topological polar surface area (TPSA) is 74.7 Å². The lowest BCUT2D eigenvalue weighted by Crippen LogP contribution is -2.38. The molecule has 1 heterocycles. The number of likely N-dealkylation sites (tertiary alicyclic amines) is 1. The maximum atomic E-state index is 12.2. The van der Waals surface area contributed by atoms with Crippen LogP contribution in [0.5, 0.6) is 0 Å². The molecule has 5 nitrogen and oxygen atoms in total. The van der Waals surface area contributed by atoms with Crippen LogP contribution in [-0.4, -0.2) is 34.3 Å². The summed E-state index contributed by atoms with van der Waals surface area (Å²) < 4.78 is 0. The highest BCUT2D eigenvalue weighted by Crippen LogP contribution is 2.63. The van der Waals surface area contributed by atoms with E-state index in [1.165, 1.54) is 4.90 Å². The second-order valence-electron chi connectivity index (χ2n) is 7.33. The number of aliphatic carboxylic acids is 1. The smallest absolute Gasteiger partial charge is 0.303 e. The third-order valence-electron chi connectivity index (χ3n) is 5.29. The highest BCUT2D eigenvalue weighted by atomic mass is 16.4. The minimum absolute atomic E-state index is 0.0317. The third-order valence-corrected chi connectivity index (χ3v) is 5.29. The van der Waals surface area contributed by atoms with Gasteiger partial charge in [0.25, 0.3) is 0 Å². The molecule has 1 N–H and O–H groups in total. The van der Waals surface area contributed by atoms with Crippen LogP contribution in [0.2, 0.25) is 0 Å². The van der Waals surface area contributed by atoms with Crippen molar-refractivity contribution in [1.82, 2.24) is 4.90 Å². The van der Waals surface area contributed by atoms with Crippen molar-refractivity contribution in [1.29, 1.82) is 0 Å². The highest BCUT2D eigenvalue weighted by Gasteiger charge is 2.72. The lowest BCUT2D eigenvalue weighted by Gasteiger charge is -2.25. The number of carboxylic acids is 1. The van der Waals surface area contributed by atoms with E-state index in [-0.39, 0.29) is 41.4 Å². The average Bonchev–Trinajstić information content (AvgIpc) is 2.83. The molecule has 0 spiro atoms. The molecule has 0 radical (unpaired) electrons. The summed E-state index contributed by atoms with van der Waals surface area (Å²) in [6.45, 7) is 8.49. The summed E-state index contributed by atoms with van der Waals surface area (Å²) in [5.41, 5.74) is -0.161. The van der Waals surface area contributed by atoms with Crippen molar-refractivity contribution in [3.05, 3.63) is 0 Å². The van der Waals surface area contributed by atoms with E-state index < -0.39 is 5.97 Å². The van der Waals surface area contributed by atoms with Crippen molar-refractivity contribution in [3.63, 3.8) is 0 Å². The van der Waals surface area contributed by atoms with Crippen LogP contribution in [0, 0.1) is 29.1 Å². The molecule has 0 bridgehead atoms. The zero-order valence-corrected chi connectivity index (χ0v) is 13.3. The van der Waals surface area contributed by atoms with E-state index in [1.54, 1.807) is 0 Å². The van der Waals surface area contributed by atoms with Crippen LogP contribution < -0.4 is 0 Å². The van der Waals surface area contributed by atoms with Crippen LogP contribution in [0.1, 0.15) is 47.0 Å². The Labute approximate surface area is 125 Å². The fourth-order valence-corrected chi connectivity index (χ4v) is 3.64. The predicted molar refractivity (Wildman–Crippen MR) is 77.3 cm³/mol. The van der Waals surface area contributed by atoms with Crippen molar-refractivity contribution in [2.75, 3.05) is 6.54 Å². The standard InChI is InChI=1S/C16H25NO4/c1-9(2)10(5-6-11(18)19)7-8-17-14(20)12-13(15(17)21)16(12,3)4/h9-10,12-13H,5-8H2,1-4H3,(H,18,19). The molecular formula is C16H25NO4. The summed E-state index contributed by atoms with van der Waals surface area (Å²) >= 11 is 0. The molecule has 5 heteroatoms. The molecule has 1 aliphatic heterocycles. The maximum Gasteiger partial charge on any atom is 0.303 e. The van der Waals surface area contributed by atoms with E-state index in [0.717, 1.165) is 0 Å². The van der Waals surface area contributed by atoms with Gasteiger partial charge in [0, 0.05) is 13.0 Å². The van der Waals surface area contributed by atoms with E-state index in [1.807, 2.05) is 13.8 Å². The number of amides is 2. The summed E-state index contributed by atoms with van der Waals surface area (Å²) in [6.07, 6.45) is 1.44. The molecule has 1 saturated carbocycles. The lowest BCUT2D eigenvalue weighted by molar-refractivity contribution is -0.143. The van der Waals surface area contributed by atoms with Crippen LogP contribution in [0.15, 0.2) is 0 Å². The summed E-state index contributed by atoms with van der Waals surface area (Å²) in [6, 6.07) is 0. The average molecular weight is 295 g/mol. The molecule has 21 heavy (non-hydrogen) atoms. The SMILES string of the molecule is CC(C)C(CCC(=O)O)CCN1C(=O)C2C(C1=O)C2(C)C. The minimum atomic E-state index is -0.794. The van der Waals surface area contributed by atoms with E-state index in [4.69, 9.17) is 5.11 Å². The number of carbonyl (C=O) groups excluding carboxylic acids is 2. The number of fused-ring (bicyclic) bond motifs is 1. The van der Waals surface area contributed by atoms with Gasteiger partial charge < -0.3 is 5.11 Å². The van der Waals surface area contributed by atoms with Gasteiger partial charge >= 0.3 is 5.97 Å². The van der Waals surface area contributed by atoms with Crippen LogP contribution >= 0.6 is 0 Å². The van der Waals surface area contributed by atoms with Gasteiger partial charge in [0.1, 0.15) is 0 Å². The molecular weight excluding hydrogens is 270 g/mol. The van der Waals surface area contributed by atoms with Crippen molar-refractivity contribution in [2.24, 2.45) is 29.1 Å².